The molecule has 0 saturated carbocycles. The SMILES string of the molecule is COC(=O)[C@@H]1[C@@H](C)O[C@H]2CN[C@@H](Cc3ccccc3)C(=O)N21. The summed E-state index contributed by atoms with van der Waals surface area (Å²) in [4.78, 5) is 26.3. The molecule has 1 N–H and O–H groups in total. The van der Waals surface area contributed by atoms with Gasteiger partial charge in [-0.2, -0.15) is 0 Å². The second kappa shape index (κ2) is 6.06. The lowest BCUT2D eigenvalue weighted by Crippen LogP contribution is -2.62. The molecule has 6 nitrogen and oxygen atoms in total. The minimum absolute atomic E-state index is 0.111. The van der Waals surface area contributed by atoms with Crippen LogP contribution in [0.1, 0.15) is 12.5 Å². The van der Waals surface area contributed by atoms with Crippen LogP contribution >= 0.6 is 0 Å². The van der Waals surface area contributed by atoms with E-state index < -0.39 is 18.2 Å². The van der Waals surface area contributed by atoms with Gasteiger partial charge in [-0.25, -0.2) is 4.79 Å². The maximum Gasteiger partial charge on any atom is 0.331 e. The number of ether oxygens (including phenoxy) is 2. The fourth-order valence-electron chi connectivity index (χ4n) is 3.16. The van der Waals surface area contributed by atoms with Crippen LogP contribution in [-0.4, -0.2) is 54.8 Å². The lowest BCUT2D eigenvalue weighted by Gasteiger charge is -2.36. The Morgan fingerprint density at radius 3 is 2.82 bits per heavy atom. The highest BCUT2D eigenvalue weighted by molar-refractivity contribution is 5.89. The van der Waals surface area contributed by atoms with Crippen molar-refractivity contribution in [3.05, 3.63) is 35.9 Å². The highest BCUT2D eigenvalue weighted by Gasteiger charge is 2.51. The molecule has 1 aromatic carbocycles. The molecular weight excluding hydrogens is 284 g/mol. The van der Waals surface area contributed by atoms with E-state index in [0.717, 1.165) is 5.56 Å². The van der Waals surface area contributed by atoms with E-state index in [1.807, 2.05) is 30.3 Å². The number of esters is 1. The summed E-state index contributed by atoms with van der Waals surface area (Å²) >= 11 is 0. The van der Waals surface area contributed by atoms with Gasteiger partial charge in [0, 0.05) is 6.54 Å². The zero-order valence-electron chi connectivity index (χ0n) is 12.7. The average molecular weight is 304 g/mol. The summed E-state index contributed by atoms with van der Waals surface area (Å²) in [6.07, 6.45) is -0.178. The van der Waals surface area contributed by atoms with E-state index in [2.05, 4.69) is 5.32 Å². The molecule has 4 atom stereocenters. The molecule has 1 amide bonds. The molecule has 1 aromatic rings. The molecule has 2 saturated heterocycles. The van der Waals surface area contributed by atoms with Crippen LogP contribution in [0.15, 0.2) is 30.3 Å². The highest BCUT2D eigenvalue weighted by atomic mass is 16.6. The predicted octanol–water partition coefficient (Wildman–Crippen LogP) is 0.316. The molecule has 0 spiro atoms. The quantitative estimate of drug-likeness (QED) is 0.814. The summed E-state index contributed by atoms with van der Waals surface area (Å²) < 4.78 is 10.5. The van der Waals surface area contributed by atoms with Crippen molar-refractivity contribution in [1.29, 1.82) is 0 Å². The maximum atomic E-state index is 12.8. The van der Waals surface area contributed by atoms with Crippen molar-refractivity contribution in [1.82, 2.24) is 10.2 Å². The Kier molecular flexibility index (Phi) is 4.13. The number of carbonyl (C=O) groups excluding carboxylic acids is 2. The second-order valence-electron chi connectivity index (χ2n) is 5.66. The van der Waals surface area contributed by atoms with Gasteiger partial charge in [-0.3, -0.25) is 9.69 Å². The van der Waals surface area contributed by atoms with Crippen molar-refractivity contribution in [2.45, 2.75) is 37.8 Å². The lowest BCUT2D eigenvalue weighted by atomic mass is 10.0. The van der Waals surface area contributed by atoms with Crippen molar-refractivity contribution in [2.75, 3.05) is 13.7 Å². The van der Waals surface area contributed by atoms with Crippen molar-refractivity contribution < 1.29 is 19.1 Å². The van der Waals surface area contributed by atoms with Gasteiger partial charge in [-0.05, 0) is 18.9 Å². The number of piperazine rings is 1. The molecule has 2 aliphatic rings. The Hall–Kier alpha value is -1.92. The normalized spacial score (nSPS) is 31.0. The van der Waals surface area contributed by atoms with Gasteiger partial charge in [0.25, 0.3) is 0 Å². The molecule has 22 heavy (non-hydrogen) atoms. The van der Waals surface area contributed by atoms with Crippen molar-refractivity contribution in [2.24, 2.45) is 0 Å². The molecule has 2 aliphatic heterocycles. The predicted molar refractivity (Wildman–Crippen MR) is 78.9 cm³/mol. The third-order valence-electron chi connectivity index (χ3n) is 4.24. The molecule has 0 bridgehead atoms. The van der Waals surface area contributed by atoms with Crippen LogP contribution in [0.2, 0.25) is 0 Å². The first-order valence-corrected chi connectivity index (χ1v) is 7.44. The number of methoxy groups -OCH3 is 1. The number of carbonyl (C=O) groups is 2. The number of fused-ring (bicyclic) bond motifs is 1. The molecular formula is C16H20N2O4. The van der Waals surface area contributed by atoms with Gasteiger partial charge in [0.2, 0.25) is 5.91 Å². The van der Waals surface area contributed by atoms with Crippen LogP contribution in [0.3, 0.4) is 0 Å². The van der Waals surface area contributed by atoms with Crippen LogP contribution in [0, 0.1) is 0 Å². The van der Waals surface area contributed by atoms with Crippen LogP contribution < -0.4 is 5.32 Å². The summed E-state index contributed by atoms with van der Waals surface area (Å²) in [6.45, 7) is 2.31. The van der Waals surface area contributed by atoms with Gasteiger partial charge in [-0.15, -0.1) is 0 Å². The third-order valence-corrected chi connectivity index (χ3v) is 4.24. The van der Waals surface area contributed by atoms with E-state index in [9.17, 15) is 9.59 Å². The molecule has 6 heteroatoms. The molecule has 0 unspecified atom stereocenters. The monoisotopic (exact) mass is 304 g/mol. The van der Waals surface area contributed by atoms with E-state index in [1.54, 1.807) is 11.8 Å². The minimum atomic E-state index is -0.664. The number of benzene rings is 1. The summed E-state index contributed by atoms with van der Waals surface area (Å²) in [5.74, 6) is -0.538. The van der Waals surface area contributed by atoms with Gasteiger partial charge in [0.05, 0.1) is 19.3 Å². The zero-order valence-corrected chi connectivity index (χ0v) is 12.7. The Labute approximate surface area is 129 Å². The number of hydrogen-bond acceptors (Lipinski definition) is 5. The number of nitrogens with zero attached hydrogens (tertiary/aromatic N) is 1. The van der Waals surface area contributed by atoms with Crippen LogP contribution in [0.5, 0.6) is 0 Å². The first-order chi connectivity index (χ1) is 10.6. The molecule has 2 heterocycles. The van der Waals surface area contributed by atoms with Crippen LogP contribution in [0.25, 0.3) is 0 Å². The summed E-state index contributed by atoms with van der Waals surface area (Å²) in [7, 11) is 1.33. The first-order valence-electron chi connectivity index (χ1n) is 7.44. The lowest BCUT2D eigenvalue weighted by molar-refractivity contribution is -0.155. The highest BCUT2D eigenvalue weighted by Crippen LogP contribution is 2.28. The van der Waals surface area contributed by atoms with Gasteiger partial charge < -0.3 is 14.8 Å². The molecule has 0 aliphatic carbocycles. The number of hydrogen-bond donors (Lipinski definition) is 1. The number of nitrogens with one attached hydrogen (secondary N) is 1. The van der Waals surface area contributed by atoms with E-state index in [1.165, 1.54) is 7.11 Å². The van der Waals surface area contributed by atoms with Gasteiger partial charge in [0.15, 0.2) is 6.04 Å². The zero-order chi connectivity index (χ0) is 15.7. The Morgan fingerprint density at radius 1 is 1.41 bits per heavy atom. The van der Waals surface area contributed by atoms with Gasteiger partial charge in [-0.1, -0.05) is 30.3 Å². The molecule has 3 rings (SSSR count). The molecule has 2 fully saturated rings. The molecule has 0 aromatic heterocycles. The first kappa shape index (κ1) is 15.0. The summed E-state index contributed by atoms with van der Waals surface area (Å²) in [5, 5.41) is 3.22. The Bertz CT molecular complexity index is 563. The Morgan fingerprint density at radius 2 is 2.14 bits per heavy atom. The standard InChI is InChI=1S/C16H20N2O4/c1-10-14(16(20)21-2)18-13(22-10)9-17-12(15(18)19)8-11-6-4-3-5-7-11/h3-7,10,12-14,17H,8-9H2,1-2H3/t10-,12+,13+,14+/m1/s1. The van der Waals surface area contributed by atoms with Crippen molar-refractivity contribution in [3.63, 3.8) is 0 Å². The van der Waals surface area contributed by atoms with Gasteiger partial charge in [0.1, 0.15) is 6.23 Å². The molecule has 118 valence electrons. The fraction of sp³-hybridized carbons (Fsp3) is 0.500. The van der Waals surface area contributed by atoms with Gasteiger partial charge >= 0.3 is 5.97 Å². The second-order valence-corrected chi connectivity index (χ2v) is 5.66. The minimum Gasteiger partial charge on any atom is -0.467 e. The van der Waals surface area contributed by atoms with E-state index >= 15 is 0 Å². The number of amides is 1. The summed E-state index contributed by atoms with van der Waals surface area (Å²) in [6, 6.07) is 8.80. The number of rotatable bonds is 3. The fourth-order valence-corrected chi connectivity index (χ4v) is 3.16. The smallest absolute Gasteiger partial charge is 0.331 e. The van der Waals surface area contributed by atoms with Crippen LogP contribution in [0.4, 0.5) is 0 Å². The van der Waals surface area contributed by atoms with E-state index in [0.29, 0.717) is 13.0 Å². The molecule has 0 radical (unpaired) electrons. The van der Waals surface area contributed by atoms with Crippen molar-refractivity contribution in [3.8, 4) is 0 Å². The Balaban J connectivity index is 1.78. The van der Waals surface area contributed by atoms with Crippen molar-refractivity contribution >= 4 is 11.9 Å². The summed E-state index contributed by atoms with van der Waals surface area (Å²) in [5.41, 5.74) is 1.08. The topological polar surface area (TPSA) is 67.9 Å². The largest absolute Gasteiger partial charge is 0.467 e. The van der Waals surface area contributed by atoms with E-state index in [-0.39, 0.29) is 18.1 Å². The third kappa shape index (κ3) is 2.60. The average Bonchev–Trinajstić information content (AvgIpc) is 2.87. The maximum absolute atomic E-state index is 12.8. The van der Waals surface area contributed by atoms with E-state index in [4.69, 9.17) is 9.47 Å². The van der Waals surface area contributed by atoms with Crippen LogP contribution in [-0.2, 0) is 25.5 Å².